The number of likely N-dealkylation sites (N-methyl/N-ethyl adjacent to an activating group) is 1. The van der Waals surface area contributed by atoms with E-state index in [2.05, 4.69) is 58.4 Å². The highest BCUT2D eigenvalue weighted by Crippen LogP contribution is 2.21. The molecular formula is C18H25N5. The van der Waals surface area contributed by atoms with Crippen molar-refractivity contribution in [2.24, 2.45) is 0 Å². The van der Waals surface area contributed by atoms with Gasteiger partial charge in [-0.2, -0.15) is 0 Å². The molecule has 0 saturated carbocycles. The van der Waals surface area contributed by atoms with Gasteiger partial charge in [-0.3, -0.25) is 4.98 Å². The Hall–Kier alpha value is -2.01. The second-order valence-electron chi connectivity index (χ2n) is 6.41. The van der Waals surface area contributed by atoms with Crippen molar-refractivity contribution in [3.63, 3.8) is 0 Å². The minimum absolute atomic E-state index is 0.454. The minimum Gasteiger partial charge on any atom is -0.365 e. The Kier molecular flexibility index (Phi) is 4.86. The SMILES string of the molecule is CCc1ccc(-c2nnc(N[C@@H]3CCCN(C)C3)cc2C)nc1. The predicted molar refractivity (Wildman–Crippen MR) is 93.5 cm³/mol. The van der Waals surface area contributed by atoms with E-state index in [1.807, 2.05) is 12.3 Å². The summed E-state index contributed by atoms with van der Waals surface area (Å²) in [4.78, 5) is 6.86. The Bertz CT molecular complexity index is 653. The number of anilines is 1. The Morgan fingerprint density at radius 3 is 2.83 bits per heavy atom. The molecule has 0 unspecified atom stereocenters. The molecule has 1 N–H and O–H groups in total. The standard InChI is InChI=1S/C18H25N5/c1-4-14-7-8-16(19-11-14)18-13(2)10-17(21-22-18)20-15-6-5-9-23(3)12-15/h7-8,10-11,15H,4-6,9,12H2,1-3H3,(H,20,21)/t15-/m1/s1. The number of likely N-dealkylation sites (tertiary alicyclic amines) is 1. The lowest BCUT2D eigenvalue weighted by atomic mass is 10.1. The van der Waals surface area contributed by atoms with Crippen molar-refractivity contribution in [2.75, 3.05) is 25.5 Å². The van der Waals surface area contributed by atoms with Crippen LogP contribution in [0, 0.1) is 6.92 Å². The average molecular weight is 311 g/mol. The topological polar surface area (TPSA) is 53.9 Å². The lowest BCUT2D eigenvalue weighted by molar-refractivity contribution is 0.260. The van der Waals surface area contributed by atoms with Crippen molar-refractivity contribution in [3.8, 4) is 11.4 Å². The van der Waals surface area contributed by atoms with Gasteiger partial charge in [-0.15, -0.1) is 10.2 Å². The molecule has 1 saturated heterocycles. The lowest BCUT2D eigenvalue weighted by Gasteiger charge is -2.30. The van der Waals surface area contributed by atoms with Gasteiger partial charge in [-0.1, -0.05) is 13.0 Å². The van der Waals surface area contributed by atoms with Gasteiger partial charge in [-0.05, 0) is 63.0 Å². The second kappa shape index (κ2) is 7.04. The van der Waals surface area contributed by atoms with Gasteiger partial charge >= 0.3 is 0 Å². The van der Waals surface area contributed by atoms with E-state index >= 15 is 0 Å². The smallest absolute Gasteiger partial charge is 0.149 e. The van der Waals surface area contributed by atoms with Gasteiger partial charge in [0.05, 0.1) is 5.69 Å². The van der Waals surface area contributed by atoms with Crippen LogP contribution in [0.5, 0.6) is 0 Å². The number of aromatic nitrogens is 3. The van der Waals surface area contributed by atoms with Crippen LogP contribution in [0.3, 0.4) is 0 Å². The molecule has 2 aromatic heterocycles. The average Bonchev–Trinajstić information content (AvgIpc) is 2.55. The Morgan fingerprint density at radius 2 is 2.17 bits per heavy atom. The Morgan fingerprint density at radius 1 is 1.30 bits per heavy atom. The molecule has 3 heterocycles. The van der Waals surface area contributed by atoms with Crippen LogP contribution in [0.25, 0.3) is 11.4 Å². The first kappa shape index (κ1) is 15.9. The van der Waals surface area contributed by atoms with Gasteiger partial charge in [0.15, 0.2) is 0 Å². The number of piperidine rings is 1. The minimum atomic E-state index is 0.454. The zero-order valence-corrected chi connectivity index (χ0v) is 14.2. The van der Waals surface area contributed by atoms with E-state index in [-0.39, 0.29) is 0 Å². The fraction of sp³-hybridized carbons (Fsp3) is 0.500. The van der Waals surface area contributed by atoms with Crippen molar-refractivity contribution in [1.29, 1.82) is 0 Å². The van der Waals surface area contributed by atoms with Crippen LogP contribution in [0.2, 0.25) is 0 Å². The van der Waals surface area contributed by atoms with Crippen LogP contribution in [0.4, 0.5) is 5.82 Å². The summed E-state index contributed by atoms with van der Waals surface area (Å²) < 4.78 is 0. The molecule has 0 aliphatic carbocycles. The summed E-state index contributed by atoms with van der Waals surface area (Å²) in [5.41, 5.74) is 4.08. The molecule has 0 spiro atoms. The molecule has 3 rings (SSSR count). The van der Waals surface area contributed by atoms with E-state index in [0.717, 1.165) is 35.7 Å². The normalized spacial score (nSPS) is 18.8. The first-order valence-electron chi connectivity index (χ1n) is 8.40. The van der Waals surface area contributed by atoms with Gasteiger partial charge in [-0.25, -0.2) is 0 Å². The van der Waals surface area contributed by atoms with E-state index in [4.69, 9.17) is 0 Å². The van der Waals surface area contributed by atoms with Crippen molar-refractivity contribution >= 4 is 5.82 Å². The van der Waals surface area contributed by atoms with Crippen LogP contribution in [-0.2, 0) is 6.42 Å². The summed E-state index contributed by atoms with van der Waals surface area (Å²) in [6, 6.07) is 6.66. The third kappa shape index (κ3) is 3.85. The van der Waals surface area contributed by atoms with Gasteiger partial charge in [0.1, 0.15) is 11.5 Å². The van der Waals surface area contributed by atoms with Crippen LogP contribution in [0.1, 0.15) is 30.9 Å². The largest absolute Gasteiger partial charge is 0.365 e. The van der Waals surface area contributed by atoms with E-state index in [1.54, 1.807) is 0 Å². The molecule has 1 fully saturated rings. The summed E-state index contributed by atoms with van der Waals surface area (Å²) in [6.45, 7) is 6.44. The van der Waals surface area contributed by atoms with Crippen molar-refractivity contribution in [1.82, 2.24) is 20.1 Å². The maximum Gasteiger partial charge on any atom is 0.149 e. The number of hydrogen-bond donors (Lipinski definition) is 1. The second-order valence-corrected chi connectivity index (χ2v) is 6.41. The van der Waals surface area contributed by atoms with Gasteiger partial charge < -0.3 is 10.2 Å². The predicted octanol–water partition coefficient (Wildman–Crippen LogP) is 2.92. The molecule has 1 aliphatic rings. The number of aryl methyl sites for hydroxylation is 2. The molecule has 122 valence electrons. The van der Waals surface area contributed by atoms with E-state index in [1.165, 1.54) is 24.9 Å². The van der Waals surface area contributed by atoms with E-state index < -0.39 is 0 Å². The highest BCUT2D eigenvalue weighted by molar-refractivity contribution is 5.60. The van der Waals surface area contributed by atoms with E-state index in [9.17, 15) is 0 Å². The summed E-state index contributed by atoms with van der Waals surface area (Å²) in [6.07, 6.45) is 5.33. The monoisotopic (exact) mass is 311 g/mol. The zero-order valence-electron chi connectivity index (χ0n) is 14.2. The molecule has 0 radical (unpaired) electrons. The first-order chi connectivity index (χ1) is 11.2. The maximum absolute atomic E-state index is 4.51. The molecule has 1 atom stereocenters. The summed E-state index contributed by atoms with van der Waals surface area (Å²) in [5, 5.41) is 12.3. The fourth-order valence-corrected chi connectivity index (χ4v) is 3.08. The van der Waals surface area contributed by atoms with Crippen LogP contribution >= 0.6 is 0 Å². The van der Waals surface area contributed by atoms with Gasteiger partial charge in [0.25, 0.3) is 0 Å². The number of hydrogen-bond acceptors (Lipinski definition) is 5. The van der Waals surface area contributed by atoms with Crippen molar-refractivity contribution in [2.45, 2.75) is 39.2 Å². The highest BCUT2D eigenvalue weighted by Gasteiger charge is 2.18. The first-order valence-corrected chi connectivity index (χ1v) is 8.40. The van der Waals surface area contributed by atoms with Crippen LogP contribution in [0.15, 0.2) is 24.4 Å². The molecule has 23 heavy (non-hydrogen) atoms. The number of nitrogens with one attached hydrogen (secondary N) is 1. The lowest BCUT2D eigenvalue weighted by Crippen LogP contribution is -2.39. The van der Waals surface area contributed by atoms with Gasteiger partial charge in [0, 0.05) is 18.8 Å². The quantitative estimate of drug-likeness (QED) is 0.941. The van der Waals surface area contributed by atoms with Gasteiger partial charge in [0.2, 0.25) is 0 Å². The zero-order chi connectivity index (χ0) is 16.2. The molecule has 5 heteroatoms. The summed E-state index contributed by atoms with van der Waals surface area (Å²) in [7, 11) is 2.17. The summed E-state index contributed by atoms with van der Waals surface area (Å²) in [5.74, 6) is 0.858. The fourth-order valence-electron chi connectivity index (χ4n) is 3.08. The molecule has 0 aromatic carbocycles. The Labute approximate surface area is 138 Å². The van der Waals surface area contributed by atoms with Crippen molar-refractivity contribution in [3.05, 3.63) is 35.5 Å². The van der Waals surface area contributed by atoms with Crippen LogP contribution in [-0.4, -0.2) is 46.3 Å². The highest BCUT2D eigenvalue weighted by atomic mass is 15.2. The molecule has 2 aromatic rings. The number of nitrogens with zero attached hydrogens (tertiary/aromatic N) is 4. The summed E-state index contributed by atoms with van der Waals surface area (Å²) >= 11 is 0. The van der Waals surface area contributed by atoms with Crippen LogP contribution < -0.4 is 5.32 Å². The number of pyridine rings is 1. The Balaban J connectivity index is 1.74. The third-order valence-corrected chi connectivity index (χ3v) is 4.44. The maximum atomic E-state index is 4.51. The van der Waals surface area contributed by atoms with E-state index in [0.29, 0.717) is 6.04 Å². The third-order valence-electron chi connectivity index (χ3n) is 4.44. The molecule has 1 aliphatic heterocycles. The molecule has 5 nitrogen and oxygen atoms in total. The number of rotatable bonds is 4. The molecular weight excluding hydrogens is 286 g/mol. The molecule has 0 amide bonds. The van der Waals surface area contributed by atoms with Crippen molar-refractivity contribution < 1.29 is 0 Å². The molecule has 0 bridgehead atoms.